The molecule has 2 rings (SSSR count). The molecule has 1 atom stereocenters. The van der Waals surface area contributed by atoms with Crippen molar-refractivity contribution in [2.24, 2.45) is 11.7 Å². The van der Waals surface area contributed by atoms with E-state index in [0.717, 1.165) is 25.2 Å². The molecule has 84 valence electrons. The zero-order chi connectivity index (χ0) is 11.5. The summed E-state index contributed by atoms with van der Waals surface area (Å²) in [4.78, 5) is 2.11. The lowest BCUT2D eigenvalue weighted by Gasteiger charge is -2.19. The van der Waals surface area contributed by atoms with Crippen LogP contribution in [-0.4, -0.2) is 19.6 Å². The van der Waals surface area contributed by atoms with E-state index in [4.69, 9.17) is 11.0 Å². The number of rotatable bonds is 2. The summed E-state index contributed by atoms with van der Waals surface area (Å²) in [6, 6.07) is 6.38. The predicted octanol–water partition coefficient (Wildman–Crippen LogP) is 1.48. The van der Waals surface area contributed by atoms with Crippen LogP contribution in [0.4, 0.5) is 10.1 Å². The molecule has 1 heterocycles. The summed E-state index contributed by atoms with van der Waals surface area (Å²) in [7, 11) is 0. The molecule has 1 fully saturated rings. The summed E-state index contributed by atoms with van der Waals surface area (Å²) in [5.41, 5.74) is 6.84. The molecule has 0 aliphatic carbocycles. The fraction of sp³-hybridized carbons (Fsp3) is 0.417. The van der Waals surface area contributed by atoms with Crippen molar-refractivity contribution in [2.45, 2.75) is 6.42 Å². The minimum atomic E-state index is -0.366. The van der Waals surface area contributed by atoms with Crippen molar-refractivity contribution in [3.63, 3.8) is 0 Å². The van der Waals surface area contributed by atoms with Gasteiger partial charge in [-0.3, -0.25) is 0 Å². The molecule has 1 aromatic carbocycles. The van der Waals surface area contributed by atoms with E-state index in [2.05, 4.69) is 4.90 Å². The number of hydrogen-bond acceptors (Lipinski definition) is 3. The van der Waals surface area contributed by atoms with Gasteiger partial charge < -0.3 is 10.6 Å². The van der Waals surface area contributed by atoms with Gasteiger partial charge in [0.1, 0.15) is 11.9 Å². The van der Waals surface area contributed by atoms with Crippen LogP contribution in [0.25, 0.3) is 0 Å². The van der Waals surface area contributed by atoms with Gasteiger partial charge in [-0.1, -0.05) is 0 Å². The molecule has 0 spiro atoms. The van der Waals surface area contributed by atoms with E-state index in [9.17, 15) is 4.39 Å². The summed E-state index contributed by atoms with van der Waals surface area (Å²) in [6.07, 6.45) is 1.04. The van der Waals surface area contributed by atoms with Crippen molar-refractivity contribution in [3.05, 3.63) is 29.6 Å². The number of halogens is 1. The standard InChI is InChI=1S/C12H14FN3/c13-11-1-2-12(10(5-11)7-15)16-4-3-9(6-14)8-16/h1-2,5,9H,3-4,6,8,14H2. The summed E-state index contributed by atoms with van der Waals surface area (Å²) >= 11 is 0. The van der Waals surface area contributed by atoms with E-state index in [1.165, 1.54) is 12.1 Å². The van der Waals surface area contributed by atoms with Gasteiger partial charge in [0.05, 0.1) is 11.3 Å². The Morgan fingerprint density at radius 1 is 1.56 bits per heavy atom. The first-order valence-corrected chi connectivity index (χ1v) is 5.39. The number of hydrogen-bond donors (Lipinski definition) is 1. The molecular weight excluding hydrogens is 205 g/mol. The lowest BCUT2D eigenvalue weighted by molar-refractivity contribution is 0.602. The summed E-state index contributed by atoms with van der Waals surface area (Å²) in [5, 5.41) is 8.96. The van der Waals surface area contributed by atoms with Gasteiger partial charge in [-0.05, 0) is 37.1 Å². The number of benzene rings is 1. The minimum absolute atomic E-state index is 0.366. The SMILES string of the molecule is N#Cc1cc(F)ccc1N1CCC(CN)C1. The van der Waals surface area contributed by atoms with Gasteiger partial charge in [0, 0.05) is 13.1 Å². The third-order valence-corrected chi connectivity index (χ3v) is 3.04. The van der Waals surface area contributed by atoms with Crippen LogP contribution in [-0.2, 0) is 0 Å². The van der Waals surface area contributed by atoms with E-state index in [1.54, 1.807) is 6.07 Å². The third-order valence-electron chi connectivity index (χ3n) is 3.04. The Hall–Kier alpha value is -1.60. The molecule has 0 aromatic heterocycles. The van der Waals surface area contributed by atoms with Crippen LogP contribution < -0.4 is 10.6 Å². The molecule has 1 aliphatic rings. The van der Waals surface area contributed by atoms with Crippen LogP contribution in [0.2, 0.25) is 0 Å². The van der Waals surface area contributed by atoms with Crippen LogP contribution in [0.5, 0.6) is 0 Å². The van der Waals surface area contributed by atoms with Gasteiger partial charge in [0.2, 0.25) is 0 Å². The quantitative estimate of drug-likeness (QED) is 0.819. The van der Waals surface area contributed by atoms with Gasteiger partial charge in [0.25, 0.3) is 0 Å². The molecule has 1 unspecified atom stereocenters. The lowest BCUT2D eigenvalue weighted by Crippen LogP contribution is -2.23. The second kappa shape index (κ2) is 4.50. The van der Waals surface area contributed by atoms with Crippen LogP contribution in [0.1, 0.15) is 12.0 Å². The van der Waals surface area contributed by atoms with E-state index >= 15 is 0 Å². The first-order chi connectivity index (χ1) is 7.74. The second-order valence-electron chi connectivity index (χ2n) is 4.11. The van der Waals surface area contributed by atoms with E-state index in [1.807, 2.05) is 6.07 Å². The average Bonchev–Trinajstić information content (AvgIpc) is 2.77. The van der Waals surface area contributed by atoms with E-state index in [-0.39, 0.29) is 5.82 Å². The van der Waals surface area contributed by atoms with Gasteiger partial charge in [-0.25, -0.2) is 4.39 Å². The molecule has 0 bridgehead atoms. The molecule has 3 nitrogen and oxygen atoms in total. The lowest BCUT2D eigenvalue weighted by atomic mass is 10.1. The molecule has 4 heteroatoms. The maximum absolute atomic E-state index is 13.0. The molecule has 0 radical (unpaired) electrons. The van der Waals surface area contributed by atoms with Crippen molar-refractivity contribution in [1.82, 2.24) is 0 Å². The maximum Gasteiger partial charge on any atom is 0.124 e. The van der Waals surface area contributed by atoms with Crippen LogP contribution in [0.3, 0.4) is 0 Å². The molecule has 0 saturated carbocycles. The number of nitrogens with two attached hydrogens (primary N) is 1. The topological polar surface area (TPSA) is 53.0 Å². The van der Waals surface area contributed by atoms with Crippen LogP contribution >= 0.6 is 0 Å². The predicted molar refractivity (Wildman–Crippen MR) is 60.5 cm³/mol. The minimum Gasteiger partial charge on any atom is -0.370 e. The zero-order valence-electron chi connectivity index (χ0n) is 8.99. The van der Waals surface area contributed by atoms with Gasteiger partial charge >= 0.3 is 0 Å². The highest BCUT2D eigenvalue weighted by atomic mass is 19.1. The molecule has 1 aromatic rings. The normalized spacial score (nSPS) is 19.8. The van der Waals surface area contributed by atoms with Crippen molar-refractivity contribution in [1.29, 1.82) is 5.26 Å². The fourth-order valence-corrected chi connectivity index (χ4v) is 2.12. The summed E-state index contributed by atoms with van der Waals surface area (Å²) in [5.74, 6) is 0.117. The summed E-state index contributed by atoms with van der Waals surface area (Å²) < 4.78 is 13.0. The highest BCUT2D eigenvalue weighted by Gasteiger charge is 2.23. The molecular formula is C12H14FN3. The Morgan fingerprint density at radius 2 is 2.38 bits per heavy atom. The number of nitriles is 1. The van der Waals surface area contributed by atoms with Crippen molar-refractivity contribution in [3.8, 4) is 6.07 Å². The smallest absolute Gasteiger partial charge is 0.124 e. The Balaban J connectivity index is 2.25. The average molecular weight is 219 g/mol. The maximum atomic E-state index is 13.0. The summed E-state index contributed by atoms with van der Waals surface area (Å²) in [6.45, 7) is 2.42. The van der Waals surface area contributed by atoms with E-state index in [0.29, 0.717) is 18.0 Å². The highest BCUT2D eigenvalue weighted by Crippen LogP contribution is 2.26. The monoisotopic (exact) mass is 219 g/mol. The Morgan fingerprint density at radius 3 is 3.00 bits per heavy atom. The molecule has 1 saturated heterocycles. The fourth-order valence-electron chi connectivity index (χ4n) is 2.12. The van der Waals surface area contributed by atoms with Crippen LogP contribution in [0, 0.1) is 23.1 Å². The Bertz CT molecular complexity index is 425. The largest absolute Gasteiger partial charge is 0.370 e. The van der Waals surface area contributed by atoms with Crippen molar-refractivity contribution >= 4 is 5.69 Å². The van der Waals surface area contributed by atoms with Gasteiger partial charge in [-0.15, -0.1) is 0 Å². The number of anilines is 1. The van der Waals surface area contributed by atoms with Crippen LogP contribution in [0.15, 0.2) is 18.2 Å². The molecule has 0 amide bonds. The molecule has 16 heavy (non-hydrogen) atoms. The number of nitrogens with zero attached hydrogens (tertiary/aromatic N) is 2. The van der Waals surface area contributed by atoms with Crippen molar-refractivity contribution < 1.29 is 4.39 Å². The third kappa shape index (κ3) is 2.00. The Labute approximate surface area is 94.3 Å². The Kier molecular flexibility index (Phi) is 3.07. The molecule has 1 aliphatic heterocycles. The van der Waals surface area contributed by atoms with E-state index < -0.39 is 0 Å². The van der Waals surface area contributed by atoms with Crippen molar-refractivity contribution in [2.75, 3.05) is 24.5 Å². The first kappa shape index (κ1) is 10.9. The van der Waals surface area contributed by atoms with Gasteiger partial charge in [0.15, 0.2) is 0 Å². The second-order valence-corrected chi connectivity index (χ2v) is 4.11. The zero-order valence-corrected chi connectivity index (χ0v) is 8.99. The first-order valence-electron chi connectivity index (χ1n) is 5.39. The highest BCUT2D eigenvalue weighted by molar-refractivity contribution is 5.59. The van der Waals surface area contributed by atoms with Gasteiger partial charge in [-0.2, -0.15) is 5.26 Å². The molecule has 2 N–H and O–H groups in total.